The summed E-state index contributed by atoms with van der Waals surface area (Å²) in [6, 6.07) is 0.673. The van der Waals surface area contributed by atoms with Crippen molar-refractivity contribution in [2.45, 2.75) is 57.3 Å². The number of aryl methyl sites for hydroxylation is 1. The topological polar surface area (TPSA) is 70.8 Å². The lowest BCUT2D eigenvalue weighted by Gasteiger charge is -2.41. The molecule has 0 saturated carbocycles. The molecule has 2 saturated heterocycles. The van der Waals surface area contributed by atoms with E-state index < -0.39 is 0 Å². The third-order valence-corrected chi connectivity index (χ3v) is 5.44. The molecule has 1 aromatic heterocycles. The highest BCUT2D eigenvalue weighted by Gasteiger charge is 2.27. The van der Waals surface area contributed by atoms with Crippen LogP contribution < -0.4 is 0 Å². The van der Waals surface area contributed by atoms with Crippen molar-refractivity contribution in [3.63, 3.8) is 0 Å². The second-order valence-electron chi connectivity index (χ2n) is 7.21. The standard InChI is InChI=1S/C18H30N4O3/c1-25-18(24)6-11-22-14-15(12-19-22)13-20-7-2-16(3-8-20)21-9-4-17(23)5-10-21/h12,14,16-17,23H,2-11,13H2,1H3. The normalized spacial score (nSPS) is 21.5. The van der Waals surface area contributed by atoms with E-state index in [1.807, 2.05) is 17.1 Å². The maximum atomic E-state index is 11.2. The molecule has 25 heavy (non-hydrogen) atoms. The van der Waals surface area contributed by atoms with Crippen molar-refractivity contribution in [2.75, 3.05) is 33.3 Å². The number of methoxy groups -OCH3 is 1. The van der Waals surface area contributed by atoms with E-state index in [1.165, 1.54) is 25.5 Å². The molecule has 0 atom stereocenters. The van der Waals surface area contributed by atoms with Crippen molar-refractivity contribution in [2.24, 2.45) is 0 Å². The van der Waals surface area contributed by atoms with E-state index in [1.54, 1.807) is 0 Å². The van der Waals surface area contributed by atoms with E-state index in [4.69, 9.17) is 0 Å². The van der Waals surface area contributed by atoms with E-state index in [-0.39, 0.29) is 12.1 Å². The molecule has 7 nitrogen and oxygen atoms in total. The first-order chi connectivity index (χ1) is 12.1. The summed E-state index contributed by atoms with van der Waals surface area (Å²) in [5.74, 6) is -0.204. The van der Waals surface area contributed by atoms with Gasteiger partial charge in [0.1, 0.15) is 0 Å². The summed E-state index contributed by atoms with van der Waals surface area (Å²) < 4.78 is 6.48. The molecule has 0 radical (unpaired) electrons. The highest BCUT2D eigenvalue weighted by molar-refractivity contribution is 5.68. The molecule has 0 bridgehead atoms. The van der Waals surface area contributed by atoms with Crippen LogP contribution >= 0.6 is 0 Å². The van der Waals surface area contributed by atoms with Gasteiger partial charge in [0.2, 0.25) is 0 Å². The number of likely N-dealkylation sites (tertiary alicyclic amines) is 2. The van der Waals surface area contributed by atoms with Crippen LogP contribution in [0.4, 0.5) is 0 Å². The molecular weight excluding hydrogens is 320 g/mol. The van der Waals surface area contributed by atoms with Crippen LogP contribution in [0.2, 0.25) is 0 Å². The van der Waals surface area contributed by atoms with Crippen LogP contribution in [0, 0.1) is 0 Å². The van der Waals surface area contributed by atoms with Gasteiger partial charge in [0, 0.05) is 37.4 Å². The van der Waals surface area contributed by atoms with Gasteiger partial charge in [-0.1, -0.05) is 0 Å². The maximum Gasteiger partial charge on any atom is 0.307 e. The first-order valence-corrected chi connectivity index (χ1v) is 9.36. The Bertz CT molecular complexity index is 546. The van der Waals surface area contributed by atoms with Gasteiger partial charge in [-0.3, -0.25) is 14.4 Å². The van der Waals surface area contributed by atoms with Gasteiger partial charge in [0.15, 0.2) is 0 Å². The van der Waals surface area contributed by atoms with Gasteiger partial charge in [-0.05, 0) is 38.8 Å². The van der Waals surface area contributed by atoms with Crippen LogP contribution in [0.1, 0.15) is 37.7 Å². The van der Waals surface area contributed by atoms with Crippen LogP contribution in [0.25, 0.3) is 0 Å². The number of ether oxygens (including phenoxy) is 1. The van der Waals surface area contributed by atoms with Gasteiger partial charge in [0.25, 0.3) is 0 Å². The summed E-state index contributed by atoms with van der Waals surface area (Å²) in [4.78, 5) is 16.2. The van der Waals surface area contributed by atoms with E-state index in [9.17, 15) is 9.90 Å². The zero-order valence-corrected chi connectivity index (χ0v) is 15.1. The number of esters is 1. The number of hydrogen-bond donors (Lipinski definition) is 1. The van der Waals surface area contributed by atoms with Gasteiger partial charge in [0.05, 0.1) is 32.4 Å². The van der Waals surface area contributed by atoms with E-state index in [2.05, 4.69) is 19.6 Å². The minimum Gasteiger partial charge on any atom is -0.469 e. The van der Waals surface area contributed by atoms with Crippen LogP contribution in [-0.4, -0.2) is 76.1 Å². The molecular formula is C18H30N4O3. The summed E-state index contributed by atoms with van der Waals surface area (Å²) in [6.45, 7) is 5.78. The SMILES string of the molecule is COC(=O)CCn1cc(CN2CCC(N3CCC(O)CC3)CC2)cn1. The summed E-state index contributed by atoms with van der Waals surface area (Å²) in [6.07, 6.45) is 8.44. The number of aliphatic hydroxyl groups excluding tert-OH is 1. The van der Waals surface area contributed by atoms with Gasteiger partial charge < -0.3 is 14.7 Å². The first kappa shape index (κ1) is 18.4. The Labute approximate surface area is 149 Å². The molecule has 2 fully saturated rings. The Hall–Kier alpha value is -1.44. The van der Waals surface area contributed by atoms with E-state index in [0.29, 0.717) is 19.0 Å². The Balaban J connectivity index is 1.40. The summed E-state index contributed by atoms with van der Waals surface area (Å²) >= 11 is 0. The number of carbonyl (C=O) groups is 1. The number of aliphatic hydroxyl groups is 1. The van der Waals surface area contributed by atoms with Gasteiger partial charge >= 0.3 is 5.97 Å². The van der Waals surface area contributed by atoms with Crippen LogP contribution in [0.5, 0.6) is 0 Å². The van der Waals surface area contributed by atoms with Crippen molar-refractivity contribution in [1.29, 1.82) is 0 Å². The molecule has 0 spiro atoms. The second kappa shape index (κ2) is 8.78. The predicted octanol–water partition coefficient (Wildman–Crippen LogP) is 0.867. The number of rotatable bonds is 6. The number of hydrogen-bond acceptors (Lipinski definition) is 6. The Morgan fingerprint density at radius 1 is 1.24 bits per heavy atom. The summed E-state index contributed by atoms with van der Waals surface area (Å²) in [5, 5.41) is 14.0. The third-order valence-electron chi connectivity index (χ3n) is 5.44. The second-order valence-corrected chi connectivity index (χ2v) is 7.21. The third kappa shape index (κ3) is 5.26. The Kier molecular flexibility index (Phi) is 6.45. The quantitative estimate of drug-likeness (QED) is 0.768. The highest BCUT2D eigenvalue weighted by Crippen LogP contribution is 2.22. The van der Waals surface area contributed by atoms with Crippen molar-refractivity contribution in [3.8, 4) is 0 Å². The first-order valence-electron chi connectivity index (χ1n) is 9.36. The largest absolute Gasteiger partial charge is 0.469 e. The predicted molar refractivity (Wildman–Crippen MR) is 94.0 cm³/mol. The minimum absolute atomic E-state index is 0.0907. The van der Waals surface area contributed by atoms with Crippen LogP contribution in [0.3, 0.4) is 0 Å². The van der Waals surface area contributed by atoms with Crippen molar-refractivity contribution < 1.29 is 14.6 Å². The number of carbonyl (C=O) groups excluding carboxylic acids is 1. The number of piperidine rings is 2. The summed E-state index contributed by atoms with van der Waals surface area (Å²) in [5.41, 5.74) is 1.20. The minimum atomic E-state index is -0.204. The molecule has 1 N–H and O–H groups in total. The lowest BCUT2D eigenvalue weighted by atomic mass is 9.99. The van der Waals surface area contributed by atoms with Gasteiger partial charge in [-0.2, -0.15) is 5.10 Å². The average Bonchev–Trinajstić information content (AvgIpc) is 3.08. The lowest BCUT2D eigenvalue weighted by Crippen LogP contribution is -2.48. The molecule has 7 heteroatoms. The maximum absolute atomic E-state index is 11.2. The fourth-order valence-corrected chi connectivity index (χ4v) is 3.87. The highest BCUT2D eigenvalue weighted by atomic mass is 16.5. The van der Waals surface area contributed by atoms with E-state index in [0.717, 1.165) is 45.6 Å². The molecule has 0 aliphatic carbocycles. The Morgan fingerprint density at radius 3 is 2.64 bits per heavy atom. The molecule has 2 aliphatic rings. The van der Waals surface area contributed by atoms with Crippen LogP contribution in [0.15, 0.2) is 12.4 Å². The zero-order valence-electron chi connectivity index (χ0n) is 15.1. The number of nitrogens with zero attached hydrogens (tertiary/aromatic N) is 4. The van der Waals surface area contributed by atoms with Gasteiger partial charge in [-0.15, -0.1) is 0 Å². The summed E-state index contributed by atoms with van der Waals surface area (Å²) in [7, 11) is 1.41. The molecule has 140 valence electrons. The smallest absolute Gasteiger partial charge is 0.307 e. The fraction of sp³-hybridized carbons (Fsp3) is 0.778. The molecule has 0 unspecified atom stereocenters. The van der Waals surface area contributed by atoms with Gasteiger partial charge in [-0.25, -0.2) is 0 Å². The van der Waals surface area contributed by atoms with E-state index >= 15 is 0 Å². The zero-order chi connectivity index (χ0) is 17.6. The fourth-order valence-electron chi connectivity index (χ4n) is 3.87. The molecule has 2 aliphatic heterocycles. The van der Waals surface area contributed by atoms with Crippen LogP contribution in [-0.2, 0) is 22.6 Å². The molecule has 0 aromatic carbocycles. The molecule has 3 heterocycles. The number of aromatic nitrogens is 2. The molecule has 3 rings (SSSR count). The molecule has 0 amide bonds. The van der Waals surface area contributed by atoms with Crippen molar-refractivity contribution in [3.05, 3.63) is 18.0 Å². The Morgan fingerprint density at radius 2 is 1.96 bits per heavy atom. The lowest BCUT2D eigenvalue weighted by molar-refractivity contribution is -0.140. The monoisotopic (exact) mass is 350 g/mol. The van der Waals surface area contributed by atoms with Crippen molar-refractivity contribution >= 4 is 5.97 Å². The average molecular weight is 350 g/mol. The molecule has 1 aromatic rings. The van der Waals surface area contributed by atoms with Crippen molar-refractivity contribution in [1.82, 2.24) is 19.6 Å².